The van der Waals surface area contributed by atoms with E-state index >= 15 is 0 Å². The minimum Gasteiger partial charge on any atom is -0.487 e. The number of fused-ring (bicyclic) bond motifs is 4. The SMILES string of the molecule is CC1(C)CCC[C@]2(C)[C@H]3CC4=CC(=O)C(=O)C=C4O[C@]3(C)CC[C@@H]12. The smallest absolute Gasteiger partial charge is 0.229 e. The van der Waals surface area contributed by atoms with Crippen LogP contribution in [0.15, 0.2) is 23.5 Å². The van der Waals surface area contributed by atoms with E-state index in [0.29, 0.717) is 23.0 Å². The molecule has 4 atom stereocenters. The van der Waals surface area contributed by atoms with E-state index in [0.717, 1.165) is 18.4 Å². The van der Waals surface area contributed by atoms with Crippen LogP contribution < -0.4 is 0 Å². The number of allylic oxidation sites excluding steroid dienone is 3. The Bertz CT molecular complexity index is 683. The summed E-state index contributed by atoms with van der Waals surface area (Å²) >= 11 is 0. The molecule has 0 radical (unpaired) electrons. The molecule has 0 amide bonds. The molecule has 3 fully saturated rings. The van der Waals surface area contributed by atoms with Gasteiger partial charge in [-0.2, -0.15) is 0 Å². The van der Waals surface area contributed by atoms with E-state index in [-0.39, 0.29) is 11.0 Å². The molecule has 0 spiro atoms. The Balaban J connectivity index is 1.75. The Morgan fingerprint density at radius 1 is 0.958 bits per heavy atom. The second-order valence-electron chi connectivity index (χ2n) is 9.52. The summed E-state index contributed by atoms with van der Waals surface area (Å²) in [5.41, 5.74) is 1.33. The highest BCUT2D eigenvalue weighted by Crippen LogP contribution is 2.65. The third-order valence-corrected chi connectivity index (χ3v) is 7.63. The molecule has 0 bridgehead atoms. The lowest BCUT2D eigenvalue weighted by Crippen LogP contribution is -2.60. The van der Waals surface area contributed by atoms with E-state index in [9.17, 15) is 9.59 Å². The van der Waals surface area contributed by atoms with E-state index in [1.54, 1.807) is 0 Å². The Morgan fingerprint density at radius 3 is 2.42 bits per heavy atom. The average molecular weight is 328 g/mol. The Hall–Kier alpha value is -1.38. The summed E-state index contributed by atoms with van der Waals surface area (Å²) in [5, 5.41) is 0. The Labute approximate surface area is 144 Å². The number of carbonyl (C=O) groups excluding carboxylic acids is 2. The van der Waals surface area contributed by atoms with Crippen LogP contribution in [0.2, 0.25) is 0 Å². The van der Waals surface area contributed by atoms with E-state index in [1.165, 1.54) is 37.8 Å². The number of carbonyl (C=O) groups is 2. The highest BCUT2D eigenvalue weighted by molar-refractivity contribution is 6.46. The Morgan fingerprint density at radius 2 is 1.67 bits per heavy atom. The molecule has 3 heteroatoms. The van der Waals surface area contributed by atoms with E-state index in [4.69, 9.17) is 4.74 Å². The van der Waals surface area contributed by atoms with E-state index in [1.807, 2.05) is 0 Å². The van der Waals surface area contributed by atoms with Gasteiger partial charge in [-0.05, 0) is 67.4 Å². The highest BCUT2D eigenvalue weighted by atomic mass is 16.5. The summed E-state index contributed by atoms with van der Waals surface area (Å²) in [6.45, 7) is 9.53. The molecule has 4 rings (SSSR count). The van der Waals surface area contributed by atoms with Crippen molar-refractivity contribution in [1.29, 1.82) is 0 Å². The van der Waals surface area contributed by atoms with Gasteiger partial charge in [0.05, 0.1) is 0 Å². The third-order valence-electron chi connectivity index (χ3n) is 7.63. The summed E-state index contributed by atoms with van der Waals surface area (Å²) in [4.78, 5) is 23.6. The molecule has 3 aliphatic carbocycles. The molecular weight excluding hydrogens is 300 g/mol. The van der Waals surface area contributed by atoms with Gasteiger partial charge in [-0.15, -0.1) is 0 Å². The van der Waals surface area contributed by atoms with Crippen molar-refractivity contribution < 1.29 is 14.3 Å². The molecular formula is C21H28O3. The van der Waals surface area contributed by atoms with Crippen molar-refractivity contribution in [2.75, 3.05) is 0 Å². The van der Waals surface area contributed by atoms with Crippen molar-refractivity contribution in [3.63, 3.8) is 0 Å². The fourth-order valence-corrected chi connectivity index (χ4v) is 6.49. The zero-order chi connectivity index (χ0) is 17.3. The predicted octanol–water partition coefficient (Wildman–Crippen LogP) is 4.37. The van der Waals surface area contributed by atoms with Gasteiger partial charge < -0.3 is 4.74 Å². The van der Waals surface area contributed by atoms with Gasteiger partial charge in [-0.1, -0.05) is 27.2 Å². The minimum atomic E-state index is -0.450. The van der Waals surface area contributed by atoms with Crippen LogP contribution in [-0.2, 0) is 14.3 Å². The minimum absolute atomic E-state index is 0.220. The summed E-state index contributed by atoms with van der Waals surface area (Å²) in [6, 6.07) is 0. The van der Waals surface area contributed by atoms with E-state index < -0.39 is 11.6 Å². The van der Waals surface area contributed by atoms with Crippen LogP contribution in [0, 0.1) is 22.7 Å². The van der Waals surface area contributed by atoms with Gasteiger partial charge in [-0.3, -0.25) is 9.59 Å². The van der Waals surface area contributed by atoms with Crippen molar-refractivity contribution in [3.8, 4) is 0 Å². The first kappa shape index (κ1) is 16.1. The van der Waals surface area contributed by atoms with Crippen LogP contribution in [0.1, 0.15) is 66.2 Å². The first-order valence-corrected chi connectivity index (χ1v) is 9.36. The quantitative estimate of drug-likeness (QED) is 0.490. The van der Waals surface area contributed by atoms with Crippen molar-refractivity contribution in [1.82, 2.24) is 0 Å². The summed E-state index contributed by atoms with van der Waals surface area (Å²) in [5.74, 6) is 0.910. The molecule has 4 aliphatic rings. The van der Waals surface area contributed by atoms with Crippen LogP contribution in [0.3, 0.4) is 0 Å². The number of hydrogen-bond acceptors (Lipinski definition) is 3. The van der Waals surface area contributed by atoms with Gasteiger partial charge in [0.1, 0.15) is 11.4 Å². The predicted molar refractivity (Wildman–Crippen MR) is 92.2 cm³/mol. The fraction of sp³-hybridized carbons (Fsp3) is 0.714. The van der Waals surface area contributed by atoms with Crippen LogP contribution in [0.5, 0.6) is 0 Å². The molecule has 24 heavy (non-hydrogen) atoms. The average Bonchev–Trinajstić information content (AvgIpc) is 2.46. The number of ether oxygens (including phenoxy) is 1. The van der Waals surface area contributed by atoms with Crippen LogP contribution >= 0.6 is 0 Å². The highest BCUT2D eigenvalue weighted by Gasteiger charge is 2.61. The molecule has 0 aromatic rings. The van der Waals surface area contributed by atoms with Gasteiger partial charge in [0.2, 0.25) is 11.6 Å². The molecule has 0 unspecified atom stereocenters. The first-order chi connectivity index (χ1) is 11.2. The van der Waals surface area contributed by atoms with E-state index in [2.05, 4.69) is 27.7 Å². The maximum atomic E-state index is 11.8. The van der Waals surface area contributed by atoms with Gasteiger partial charge >= 0.3 is 0 Å². The molecule has 3 nitrogen and oxygen atoms in total. The molecule has 1 aliphatic heterocycles. The lowest BCUT2D eigenvalue weighted by atomic mass is 9.44. The number of rotatable bonds is 0. The standard InChI is InChI=1S/C21H28O3/c1-19(2)7-5-8-20(3)17(19)6-9-21(4)18(20)11-13-10-14(22)15(23)12-16(13)24-21/h10,12,17-18H,5-9,11H2,1-4H3/t17-,18+,20-,21+/m0/s1. The molecule has 2 saturated carbocycles. The molecule has 130 valence electrons. The van der Waals surface area contributed by atoms with Crippen molar-refractivity contribution in [3.05, 3.63) is 23.5 Å². The van der Waals surface area contributed by atoms with Crippen LogP contribution in [-0.4, -0.2) is 17.2 Å². The number of hydrogen-bond donors (Lipinski definition) is 0. The lowest BCUT2D eigenvalue weighted by Gasteiger charge is -2.63. The maximum Gasteiger partial charge on any atom is 0.229 e. The first-order valence-electron chi connectivity index (χ1n) is 9.36. The van der Waals surface area contributed by atoms with Gasteiger partial charge in [0.25, 0.3) is 0 Å². The van der Waals surface area contributed by atoms with Gasteiger partial charge in [0.15, 0.2) is 0 Å². The molecule has 0 aromatic heterocycles. The van der Waals surface area contributed by atoms with Crippen LogP contribution in [0.4, 0.5) is 0 Å². The second-order valence-corrected chi connectivity index (χ2v) is 9.52. The molecule has 0 N–H and O–H groups in total. The largest absolute Gasteiger partial charge is 0.487 e. The normalized spacial score (nSPS) is 43.7. The lowest BCUT2D eigenvalue weighted by molar-refractivity contribution is -0.184. The number of ketones is 2. The van der Waals surface area contributed by atoms with Crippen LogP contribution in [0.25, 0.3) is 0 Å². The topological polar surface area (TPSA) is 43.4 Å². The maximum absolute atomic E-state index is 11.8. The monoisotopic (exact) mass is 328 g/mol. The van der Waals surface area contributed by atoms with Gasteiger partial charge in [0, 0.05) is 12.0 Å². The zero-order valence-electron chi connectivity index (χ0n) is 15.3. The summed E-state index contributed by atoms with van der Waals surface area (Å²) < 4.78 is 6.40. The summed E-state index contributed by atoms with van der Waals surface area (Å²) in [7, 11) is 0. The van der Waals surface area contributed by atoms with Crippen molar-refractivity contribution in [2.24, 2.45) is 22.7 Å². The molecule has 1 saturated heterocycles. The second kappa shape index (κ2) is 4.83. The zero-order valence-corrected chi connectivity index (χ0v) is 15.3. The Kier molecular flexibility index (Phi) is 3.24. The fourth-order valence-electron chi connectivity index (χ4n) is 6.49. The molecule has 1 heterocycles. The summed E-state index contributed by atoms with van der Waals surface area (Å²) in [6.07, 6.45) is 9.85. The molecule has 0 aromatic carbocycles. The van der Waals surface area contributed by atoms with Crippen molar-refractivity contribution in [2.45, 2.75) is 71.8 Å². The van der Waals surface area contributed by atoms with Gasteiger partial charge in [-0.25, -0.2) is 0 Å². The third kappa shape index (κ3) is 2.09. The van der Waals surface area contributed by atoms with Crippen molar-refractivity contribution >= 4 is 11.6 Å².